The van der Waals surface area contributed by atoms with E-state index in [1.54, 1.807) is 13.2 Å². The van der Waals surface area contributed by atoms with E-state index in [4.69, 9.17) is 9.47 Å². The Kier molecular flexibility index (Phi) is 4.76. The van der Waals surface area contributed by atoms with Crippen LogP contribution in [0.15, 0.2) is 49.1 Å². The van der Waals surface area contributed by atoms with Gasteiger partial charge in [0.2, 0.25) is 5.91 Å². The van der Waals surface area contributed by atoms with E-state index in [9.17, 15) is 14.7 Å². The molecule has 2 fully saturated rings. The molecule has 35 heavy (non-hydrogen) atoms. The molecule has 4 aliphatic carbocycles. The zero-order chi connectivity index (χ0) is 24.6. The van der Waals surface area contributed by atoms with Crippen LogP contribution in [0.25, 0.3) is 0 Å². The predicted molar refractivity (Wildman–Crippen MR) is 127 cm³/mol. The van der Waals surface area contributed by atoms with Crippen molar-refractivity contribution < 1.29 is 28.9 Å². The van der Waals surface area contributed by atoms with Crippen LogP contribution < -0.4 is 10.1 Å². The molecule has 2 heterocycles. The number of aromatic hydroxyl groups is 1. The van der Waals surface area contributed by atoms with Gasteiger partial charge in [-0.2, -0.15) is 0 Å². The Bertz CT molecular complexity index is 1190. The Labute approximate surface area is 204 Å². The van der Waals surface area contributed by atoms with Crippen LogP contribution >= 0.6 is 0 Å². The minimum atomic E-state index is -0.929. The number of hydrogen-bond donors (Lipinski definition) is 2. The molecule has 184 valence electrons. The van der Waals surface area contributed by atoms with Crippen LogP contribution in [0.2, 0.25) is 0 Å². The van der Waals surface area contributed by atoms with Gasteiger partial charge in [-0.05, 0) is 37.4 Å². The molecule has 1 aromatic carbocycles. The molecule has 1 unspecified atom stereocenters. The standard InChI is InChI=1S/C27H30N2O6/c1-4-12-29-13-11-26-22-16-5-6-17(30)23(22)35-24(26)27(34-3)10-9-25(26,19(29)14-16)15-18(27)28-20(31)7-8-21(32)33-2/h4-10,18-19,24,30H,1,11-15H2,2-3H3,(H,28,31)/t18-,19+,24+,25+,26-,27?/m0/s1. The molecule has 7 rings (SSSR count). The normalized spacial score (nSPS) is 37.6. The molecule has 1 aromatic rings. The predicted octanol–water partition coefficient (Wildman–Crippen LogP) is 1.77. The Morgan fingerprint density at radius 1 is 1.31 bits per heavy atom. The Balaban J connectivity index is 1.50. The van der Waals surface area contributed by atoms with Gasteiger partial charge < -0.3 is 24.6 Å². The molecule has 6 atom stereocenters. The van der Waals surface area contributed by atoms with Crippen molar-refractivity contribution in [3.05, 3.63) is 60.2 Å². The zero-order valence-corrected chi connectivity index (χ0v) is 20.0. The number of hydrogen-bond acceptors (Lipinski definition) is 7. The number of nitrogens with zero attached hydrogens (tertiary/aromatic N) is 1. The molecule has 2 N–H and O–H groups in total. The van der Waals surface area contributed by atoms with E-state index < -0.39 is 29.6 Å². The second-order valence-corrected chi connectivity index (χ2v) is 10.2. The molecule has 8 heteroatoms. The van der Waals surface area contributed by atoms with E-state index in [-0.39, 0.29) is 22.6 Å². The van der Waals surface area contributed by atoms with Crippen molar-refractivity contribution in [2.75, 3.05) is 27.3 Å². The van der Waals surface area contributed by atoms with Gasteiger partial charge in [-0.15, -0.1) is 6.58 Å². The lowest BCUT2D eigenvalue weighted by molar-refractivity contribution is -0.201. The summed E-state index contributed by atoms with van der Waals surface area (Å²) in [6, 6.07) is 3.54. The maximum absolute atomic E-state index is 12.9. The Morgan fingerprint density at radius 2 is 2.14 bits per heavy atom. The van der Waals surface area contributed by atoms with Crippen molar-refractivity contribution in [3.8, 4) is 11.5 Å². The second-order valence-electron chi connectivity index (χ2n) is 10.2. The molecule has 8 nitrogen and oxygen atoms in total. The number of benzene rings is 1. The number of piperidine rings is 1. The number of rotatable bonds is 6. The summed E-state index contributed by atoms with van der Waals surface area (Å²) in [4.78, 5) is 26.9. The molecule has 4 bridgehead atoms. The van der Waals surface area contributed by atoms with Crippen LogP contribution in [0.4, 0.5) is 0 Å². The summed E-state index contributed by atoms with van der Waals surface area (Å²) in [6.07, 6.45) is 10.5. The highest BCUT2D eigenvalue weighted by molar-refractivity contribution is 5.94. The minimum absolute atomic E-state index is 0.141. The number of phenols is 1. The number of nitrogens with one attached hydrogen (secondary N) is 1. The van der Waals surface area contributed by atoms with Gasteiger partial charge in [0.05, 0.1) is 18.6 Å². The fraction of sp³-hybridized carbons (Fsp3) is 0.481. The van der Waals surface area contributed by atoms with Gasteiger partial charge in [-0.25, -0.2) is 4.79 Å². The number of ether oxygens (including phenoxy) is 3. The maximum atomic E-state index is 12.9. The van der Waals surface area contributed by atoms with Crippen molar-refractivity contribution in [3.63, 3.8) is 0 Å². The third-order valence-corrected chi connectivity index (χ3v) is 9.17. The lowest BCUT2D eigenvalue weighted by atomic mass is 9.38. The molecule has 1 amide bonds. The van der Waals surface area contributed by atoms with E-state index in [0.29, 0.717) is 12.2 Å². The first-order valence-electron chi connectivity index (χ1n) is 12.1. The molecular formula is C27H30N2O6. The van der Waals surface area contributed by atoms with Crippen LogP contribution in [0.5, 0.6) is 11.5 Å². The maximum Gasteiger partial charge on any atom is 0.330 e. The number of esters is 1. The van der Waals surface area contributed by atoms with Crippen LogP contribution in [0, 0.1) is 5.41 Å². The molecular weight excluding hydrogens is 448 g/mol. The highest BCUT2D eigenvalue weighted by Gasteiger charge is 2.79. The fourth-order valence-corrected chi connectivity index (χ4v) is 7.91. The molecule has 2 aliphatic heterocycles. The SMILES string of the molecule is C=CCN1CC[C@]23c4c5ccc(O)c4O[C@H]2C2(OC)C=C[C@@]3(C[C@@H]2NC(=O)C=CC(=O)OC)[C@H]1C5. The smallest absolute Gasteiger partial charge is 0.330 e. The van der Waals surface area contributed by atoms with Crippen molar-refractivity contribution >= 4 is 11.9 Å². The average Bonchev–Trinajstić information content (AvgIpc) is 3.23. The zero-order valence-electron chi connectivity index (χ0n) is 20.0. The first-order valence-corrected chi connectivity index (χ1v) is 12.1. The molecule has 6 aliphatic rings. The topological polar surface area (TPSA) is 97.3 Å². The lowest BCUT2D eigenvalue weighted by Crippen LogP contribution is -2.82. The number of methoxy groups -OCH3 is 2. The van der Waals surface area contributed by atoms with Crippen LogP contribution in [-0.4, -0.2) is 73.0 Å². The molecule has 0 aromatic heterocycles. The quantitative estimate of drug-likeness (QED) is 0.365. The van der Waals surface area contributed by atoms with Crippen LogP contribution in [-0.2, 0) is 30.9 Å². The molecule has 2 spiro atoms. The van der Waals surface area contributed by atoms with Gasteiger partial charge in [-0.1, -0.05) is 24.3 Å². The first-order chi connectivity index (χ1) is 16.9. The number of amides is 1. The summed E-state index contributed by atoms with van der Waals surface area (Å²) in [7, 11) is 2.91. The average molecular weight is 479 g/mol. The number of fused-ring (bicyclic) bond motifs is 1. The van der Waals surface area contributed by atoms with E-state index in [1.807, 2.05) is 12.1 Å². The number of carbonyl (C=O) groups excluding carboxylic acids is 2. The van der Waals surface area contributed by atoms with E-state index in [0.717, 1.165) is 37.6 Å². The summed E-state index contributed by atoms with van der Waals surface area (Å²) in [5.74, 6) is -0.299. The molecule has 1 saturated heterocycles. The Hall–Kier alpha value is -3.10. The van der Waals surface area contributed by atoms with Gasteiger partial charge in [0.1, 0.15) is 11.7 Å². The highest BCUT2D eigenvalue weighted by Crippen LogP contribution is 2.73. The monoisotopic (exact) mass is 478 g/mol. The van der Waals surface area contributed by atoms with Crippen LogP contribution in [0.3, 0.4) is 0 Å². The minimum Gasteiger partial charge on any atom is -0.504 e. The van der Waals surface area contributed by atoms with E-state index >= 15 is 0 Å². The number of likely N-dealkylation sites (tertiary alicyclic amines) is 1. The largest absolute Gasteiger partial charge is 0.504 e. The summed E-state index contributed by atoms with van der Waals surface area (Å²) >= 11 is 0. The first kappa shape index (κ1) is 22.4. The molecule has 1 saturated carbocycles. The van der Waals surface area contributed by atoms with Gasteiger partial charge in [0.25, 0.3) is 0 Å². The van der Waals surface area contributed by atoms with Crippen molar-refractivity contribution in [1.82, 2.24) is 10.2 Å². The number of phenolic OH excluding ortho intramolecular Hbond substituents is 1. The third kappa shape index (κ3) is 2.59. The summed E-state index contributed by atoms with van der Waals surface area (Å²) in [6.45, 7) is 5.65. The van der Waals surface area contributed by atoms with Crippen molar-refractivity contribution in [2.45, 2.75) is 48.5 Å². The van der Waals surface area contributed by atoms with E-state index in [1.165, 1.54) is 18.7 Å². The van der Waals surface area contributed by atoms with Gasteiger partial charge in [0.15, 0.2) is 11.5 Å². The highest BCUT2D eigenvalue weighted by atomic mass is 16.6. The van der Waals surface area contributed by atoms with Gasteiger partial charge in [-0.3, -0.25) is 9.69 Å². The lowest BCUT2D eigenvalue weighted by Gasteiger charge is -2.71. The van der Waals surface area contributed by atoms with Gasteiger partial charge >= 0.3 is 5.97 Å². The van der Waals surface area contributed by atoms with Crippen molar-refractivity contribution in [2.24, 2.45) is 5.41 Å². The Morgan fingerprint density at radius 3 is 2.89 bits per heavy atom. The van der Waals surface area contributed by atoms with E-state index in [2.05, 4.69) is 33.7 Å². The summed E-state index contributed by atoms with van der Waals surface area (Å²) < 4.78 is 17.5. The summed E-state index contributed by atoms with van der Waals surface area (Å²) in [5, 5.41) is 13.9. The van der Waals surface area contributed by atoms with Crippen molar-refractivity contribution in [1.29, 1.82) is 0 Å². The number of carbonyl (C=O) groups is 2. The third-order valence-electron chi connectivity index (χ3n) is 9.17. The molecule has 0 radical (unpaired) electrons. The summed E-state index contributed by atoms with van der Waals surface area (Å²) in [5.41, 5.74) is 0.693. The second kappa shape index (κ2) is 7.45. The van der Waals surface area contributed by atoms with Crippen LogP contribution in [0.1, 0.15) is 24.0 Å². The van der Waals surface area contributed by atoms with Gasteiger partial charge in [0, 0.05) is 42.8 Å². The fourth-order valence-electron chi connectivity index (χ4n) is 7.91.